The van der Waals surface area contributed by atoms with Crippen LogP contribution >= 0.6 is 11.6 Å². The summed E-state index contributed by atoms with van der Waals surface area (Å²) >= 11 is 5.92. The Morgan fingerprint density at radius 3 is 2.67 bits per heavy atom. The first-order valence-corrected chi connectivity index (χ1v) is 10.3. The van der Waals surface area contributed by atoms with Gasteiger partial charge in [-0.2, -0.15) is 5.10 Å². The molecule has 11 heteroatoms. The SMILES string of the molecule is COc1ccc(Cl)cc1NC(=O)Cn1nc(S(=O)(=O)c2cccc(F)c2)ccc1=O. The summed E-state index contributed by atoms with van der Waals surface area (Å²) in [6, 6.07) is 10.9. The van der Waals surface area contributed by atoms with Crippen molar-refractivity contribution in [2.24, 2.45) is 0 Å². The maximum Gasteiger partial charge on any atom is 0.267 e. The molecule has 0 fully saturated rings. The number of hydrogen-bond donors (Lipinski definition) is 1. The van der Waals surface area contributed by atoms with E-state index in [-0.39, 0.29) is 10.6 Å². The number of carbonyl (C=O) groups is 1. The summed E-state index contributed by atoms with van der Waals surface area (Å²) in [5, 5.41) is 6.15. The molecule has 0 aliphatic rings. The maximum absolute atomic E-state index is 13.4. The van der Waals surface area contributed by atoms with Gasteiger partial charge < -0.3 is 10.1 Å². The van der Waals surface area contributed by atoms with Gasteiger partial charge in [-0.25, -0.2) is 17.5 Å². The second-order valence-electron chi connectivity index (χ2n) is 6.02. The number of hydrogen-bond acceptors (Lipinski definition) is 6. The van der Waals surface area contributed by atoms with E-state index in [1.54, 1.807) is 12.1 Å². The van der Waals surface area contributed by atoms with Gasteiger partial charge in [-0.1, -0.05) is 17.7 Å². The number of nitrogens with one attached hydrogen (secondary N) is 1. The molecule has 1 amide bonds. The zero-order chi connectivity index (χ0) is 21.9. The van der Waals surface area contributed by atoms with Gasteiger partial charge in [-0.05, 0) is 42.5 Å². The molecule has 156 valence electrons. The number of sulfone groups is 1. The van der Waals surface area contributed by atoms with Crippen molar-refractivity contribution >= 4 is 33.0 Å². The van der Waals surface area contributed by atoms with E-state index in [9.17, 15) is 22.4 Å². The van der Waals surface area contributed by atoms with Gasteiger partial charge in [0.05, 0.1) is 17.7 Å². The average molecular weight is 452 g/mol. The molecule has 0 spiro atoms. The Hall–Kier alpha value is -3.24. The number of nitrogens with zero attached hydrogens (tertiary/aromatic N) is 2. The lowest BCUT2D eigenvalue weighted by Gasteiger charge is -2.11. The van der Waals surface area contributed by atoms with Gasteiger partial charge in [0.2, 0.25) is 15.7 Å². The molecule has 0 radical (unpaired) electrons. The summed E-state index contributed by atoms with van der Waals surface area (Å²) in [5.41, 5.74) is -0.423. The molecular weight excluding hydrogens is 437 g/mol. The molecule has 1 heterocycles. The van der Waals surface area contributed by atoms with E-state index < -0.39 is 38.7 Å². The van der Waals surface area contributed by atoms with E-state index in [4.69, 9.17) is 16.3 Å². The van der Waals surface area contributed by atoms with E-state index in [1.807, 2.05) is 0 Å². The van der Waals surface area contributed by atoms with Crippen molar-refractivity contribution in [2.45, 2.75) is 16.5 Å². The highest BCUT2D eigenvalue weighted by atomic mass is 35.5. The van der Waals surface area contributed by atoms with Gasteiger partial charge in [0, 0.05) is 11.1 Å². The summed E-state index contributed by atoms with van der Waals surface area (Å²) in [6.07, 6.45) is 0. The largest absolute Gasteiger partial charge is 0.495 e. The van der Waals surface area contributed by atoms with Crippen LogP contribution in [0.4, 0.5) is 10.1 Å². The third kappa shape index (κ3) is 4.66. The lowest BCUT2D eigenvalue weighted by molar-refractivity contribution is -0.117. The second-order valence-corrected chi connectivity index (χ2v) is 8.35. The molecule has 0 saturated carbocycles. The second kappa shape index (κ2) is 8.64. The highest BCUT2D eigenvalue weighted by molar-refractivity contribution is 7.91. The van der Waals surface area contributed by atoms with Crippen LogP contribution in [0.25, 0.3) is 0 Å². The first-order chi connectivity index (χ1) is 14.2. The highest BCUT2D eigenvalue weighted by Gasteiger charge is 2.21. The van der Waals surface area contributed by atoms with Gasteiger partial charge in [0.1, 0.15) is 18.1 Å². The van der Waals surface area contributed by atoms with Gasteiger partial charge in [-0.15, -0.1) is 0 Å². The Morgan fingerprint density at radius 2 is 1.97 bits per heavy atom. The van der Waals surface area contributed by atoms with Crippen molar-refractivity contribution in [3.05, 3.63) is 75.8 Å². The Balaban J connectivity index is 1.88. The number of anilines is 1. The molecule has 3 rings (SSSR count). The van der Waals surface area contributed by atoms with E-state index in [1.165, 1.54) is 25.3 Å². The van der Waals surface area contributed by atoms with Crippen molar-refractivity contribution in [2.75, 3.05) is 12.4 Å². The van der Waals surface area contributed by atoms with Gasteiger partial charge in [0.25, 0.3) is 5.56 Å². The summed E-state index contributed by atoms with van der Waals surface area (Å²) in [7, 11) is -2.78. The van der Waals surface area contributed by atoms with E-state index in [0.717, 1.165) is 24.3 Å². The van der Waals surface area contributed by atoms with Crippen LogP contribution in [0.1, 0.15) is 0 Å². The summed E-state index contributed by atoms with van der Waals surface area (Å²) in [6.45, 7) is -0.568. The predicted molar refractivity (Wildman–Crippen MR) is 107 cm³/mol. The van der Waals surface area contributed by atoms with Crippen LogP contribution in [0.3, 0.4) is 0 Å². The average Bonchev–Trinajstić information content (AvgIpc) is 2.69. The molecule has 2 aromatic carbocycles. The fraction of sp³-hybridized carbons (Fsp3) is 0.105. The Kier molecular flexibility index (Phi) is 6.18. The van der Waals surface area contributed by atoms with Crippen LogP contribution in [-0.2, 0) is 21.2 Å². The molecule has 1 N–H and O–H groups in total. The molecule has 3 aromatic rings. The zero-order valence-corrected chi connectivity index (χ0v) is 17.1. The maximum atomic E-state index is 13.4. The minimum atomic E-state index is -4.19. The lowest BCUT2D eigenvalue weighted by Crippen LogP contribution is -2.30. The van der Waals surface area contributed by atoms with Crippen molar-refractivity contribution in [1.82, 2.24) is 9.78 Å². The topological polar surface area (TPSA) is 107 Å². The molecule has 0 aliphatic carbocycles. The quantitative estimate of drug-likeness (QED) is 0.617. The molecule has 8 nitrogen and oxygen atoms in total. The monoisotopic (exact) mass is 451 g/mol. The molecule has 0 bridgehead atoms. The van der Waals surface area contributed by atoms with Crippen LogP contribution in [0.15, 0.2) is 69.3 Å². The van der Waals surface area contributed by atoms with Gasteiger partial charge in [-0.3, -0.25) is 9.59 Å². The fourth-order valence-corrected chi connectivity index (χ4v) is 3.94. The Labute approximate surface area is 175 Å². The zero-order valence-electron chi connectivity index (χ0n) is 15.5. The highest BCUT2D eigenvalue weighted by Crippen LogP contribution is 2.27. The van der Waals surface area contributed by atoms with Crippen molar-refractivity contribution in [3.63, 3.8) is 0 Å². The number of benzene rings is 2. The number of amides is 1. The Bertz CT molecular complexity index is 1280. The Morgan fingerprint density at radius 1 is 1.20 bits per heavy atom. The number of halogens is 2. The number of methoxy groups -OCH3 is 1. The van der Waals surface area contributed by atoms with Crippen molar-refractivity contribution < 1.29 is 22.3 Å². The normalized spacial score (nSPS) is 11.2. The smallest absolute Gasteiger partial charge is 0.267 e. The number of ether oxygens (including phenoxy) is 1. The first kappa shape index (κ1) is 21.5. The molecule has 1 aromatic heterocycles. The molecule has 0 saturated heterocycles. The van der Waals surface area contributed by atoms with Crippen molar-refractivity contribution in [1.29, 1.82) is 0 Å². The fourth-order valence-electron chi connectivity index (χ4n) is 2.55. The standard InChI is InChI=1S/C19H15ClFN3O5S/c1-29-16-6-5-12(20)9-15(16)22-17(25)11-24-19(26)8-7-18(23-24)30(27,28)14-4-2-3-13(21)10-14/h2-10H,11H2,1H3,(H,22,25). The van der Waals surface area contributed by atoms with E-state index in [2.05, 4.69) is 10.4 Å². The summed E-state index contributed by atoms with van der Waals surface area (Å²) < 4.78 is 44.6. The minimum absolute atomic E-state index is 0.270. The van der Waals surface area contributed by atoms with Crippen LogP contribution in [0.2, 0.25) is 5.02 Å². The summed E-state index contributed by atoms with van der Waals surface area (Å²) in [5.74, 6) is -1.06. The molecule has 0 unspecified atom stereocenters. The summed E-state index contributed by atoms with van der Waals surface area (Å²) in [4.78, 5) is 24.1. The molecule has 0 atom stereocenters. The number of rotatable bonds is 6. The molecular formula is C19H15ClFN3O5S. The van der Waals surface area contributed by atoms with Crippen LogP contribution in [0, 0.1) is 5.82 Å². The molecule has 0 aliphatic heterocycles. The van der Waals surface area contributed by atoms with E-state index >= 15 is 0 Å². The van der Waals surface area contributed by atoms with E-state index in [0.29, 0.717) is 15.5 Å². The third-order valence-electron chi connectivity index (χ3n) is 3.95. The van der Waals surface area contributed by atoms with Crippen LogP contribution in [-0.4, -0.2) is 31.2 Å². The van der Waals surface area contributed by atoms with Gasteiger partial charge >= 0.3 is 0 Å². The van der Waals surface area contributed by atoms with Gasteiger partial charge in [0.15, 0.2) is 5.03 Å². The van der Waals surface area contributed by atoms with Crippen molar-refractivity contribution in [3.8, 4) is 5.75 Å². The molecule has 30 heavy (non-hydrogen) atoms. The van der Waals surface area contributed by atoms with Crippen LogP contribution in [0.5, 0.6) is 5.75 Å². The predicted octanol–water partition coefficient (Wildman–Crippen LogP) is 2.52. The number of carbonyl (C=O) groups excluding carboxylic acids is 1. The number of aromatic nitrogens is 2. The minimum Gasteiger partial charge on any atom is -0.495 e. The van der Waals surface area contributed by atoms with Crippen LogP contribution < -0.4 is 15.6 Å². The lowest BCUT2D eigenvalue weighted by atomic mass is 10.3. The first-order valence-electron chi connectivity index (χ1n) is 8.43. The third-order valence-corrected chi connectivity index (χ3v) is 5.83.